The maximum Gasteiger partial charge on any atom is 0.0381 e. The topological polar surface area (TPSA) is 29.3 Å². The Morgan fingerprint density at radius 2 is 1.75 bits per heavy atom. The van der Waals surface area contributed by atoms with Crippen molar-refractivity contribution in [3.05, 3.63) is 24.3 Å². The van der Waals surface area contributed by atoms with Gasteiger partial charge >= 0.3 is 0 Å². The fourth-order valence-corrected chi connectivity index (χ4v) is 0.803. The van der Waals surface area contributed by atoms with Crippen molar-refractivity contribution in [3.63, 3.8) is 0 Å². The van der Waals surface area contributed by atoms with Gasteiger partial charge in [0.25, 0.3) is 0 Å². The van der Waals surface area contributed by atoms with E-state index in [0.29, 0.717) is 0 Å². The molecule has 0 saturated carbocycles. The molecule has 1 aromatic rings. The predicted octanol–water partition coefficient (Wildman–Crippen LogP) is 2.18. The van der Waals surface area contributed by atoms with E-state index in [1.54, 1.807) is 0 Å². The largest absolute Gasteiger partial charge is 0.399 e. The summed E-state index contributed by atoms with van der Waals surface area (Å²) in [5, 5.41) is 0. The van der Waals surface area contributed by atoms with Crippen LogP contribution in [0.4, 0.5) is 11.4 Å². The van der Waals surface area contributed by atoms with E-state index in [0.717, 1.165) is 11.4 Å². The van der Waals surface area contributed by atoms with Gasteiger partial charge < -0.3 is 10.6 Å². The molecule has 0 saturated heterocycles. The zero-order valence-corrected chi connectivity index (χ0v) is 8.78. The Bertz CT molecular complexity index is 226. The summed E-state index contributed by atoms with van der Waals surface area (Å²) in [6, 6.07) is 7.80. The van der Waals surface area contributed by atoms with E-state index in [-0.39, 0.29) is 24.8 Å². The van der Waals surface area contributed by atoms with Crippen LogP contribution in [0.2, 0.25) is 0 Å². The van der Waals surface area contributed by atoms with Gasteiger partial charge in [-0.05, 0) is 18.2 Å². The number of hydrogen-bond acceptors (Lipinski definition) is 2. The molecule has 1 rings (SSSR count). The average Bonchev–Trinajstić information content (AvgIpc) is 1.88. The van der Waals surface area contributed by atoms with Gasteiger partial charge in [-0.3, -0.25) is 0 Å². The van der Waals surface area contributed by atoms with Gasteiger partial charge in [0, 0.05) is 25.5 Å². The Balaban J connectivity index is 0. The van der Waals surface area contributed by atoms with Crippen LogP contribution < -0.4 is 10.6 Å². The first kappa shape index (κ1) is 14.0. The Morgan fingerprint density at radius 1 is 1.17 bits per heavy atom. The minimum absolute atomic E-state index is 0. The molecule has 70 valence electrons. The fraction of sp³-hybridized carbons (Fsp3) is 0.250. The second kappa shape index (κ2) is 5.98. The van der Waals surface area contributed by atoms with Crippen molar-refractivity contribution < 1.29 is 0 Å². The maximum atomic E-state index is 5.57. The van der Waals surface area contributed by atoms with Crippen LogP contribution in [0.1, 0.15) is 0 Å². The second-order valence-electron chi connectivity index (χ2n) is 2.49. The maximum absolute atomic E-state index is 5.57. The molecule has 0 atom stereocenters. The molecular weight excluding hydrogens is 195 g/mol. The van der Waals surface area contributed by atoms with Gasteiger partial charge in [0.15, 0.2) is 0 Å². The van der Waals surface area contributed by atoms with Gasteiger partial charge in [0.05, 0.1) is 0 Å². The summed E-state index contributed by atoms with van der Waals surface area (Å²) in [5.74, 6) is 0. The summed E-state index contributed by atoms with van der Waals surface area (Å²) in [4.78, 5) is 2.02. The molecule has 4 heteroatoms. The third kappa shape index (κ3) is 3.69. The van der Waals surface area contributed by atoms with Crippen molar-refractivity contribution in [1.29, 1.82) is 0 Å². The van der Waals surface area contributed by atoms with Crippen molar-refractivity contribution in [2.45, 2.75) is 0 Å². The number of benzene rings is 1. The Hall–Kier alpha value is -0.600. The molecule has 0 fully saturated rings. The van der Waals surface area contributed by atoms with Gasteiger partial charge in [0.1, 0.15) is 0 Å². The number of rotatable bonds is 1. The van der Waals surface area contributed by atoms with Crippen LogP contribution in [0, 0.1) is 0 Å². The number of nitrogens with zero attached hydrogens (tertiary/aromatic N) is 1. The summed E-state index contributed by atoms with van der Waals surface area (Å²) in [5.41, 5.74) is 7.52. The van der Waals surface area contributed by atoms with Crippen molar-refractivity contribution in [2.24, 2.45) is 0 Å². The first-order chi connectivity index (χ1) is 4.70. The van der Waals surface area contributed by atoms with Crippen LogP contribution in [-0.2, 0) is 0 Å². The molecule has 0 aliphatic heterocycles. The highest BCUT2D eigenvalue weighted by atomic mass is 35.5. The summed E-state index contributed by atoms with van der Waals surface area (Å²) in [6.45, 7) is 0. The zero-order chi connectivity index (χ0) is 7.56. The molecule has 1 aromatic carbocycles. The van der Waals surface area contributed by atoms with Gasteiger partial charge in [-0.2, -0.15) is 0 Å². The van der Waals surface area contributed by atoms with E-state index in [1.165, 1.54) is 0 Å². The van der Waals surface area contributed by atoms with Crippen molar-refractivity contribution in [1.82, 2.24) is 0 Å². The summed E-state index contributed by atoms with van der Waals surface area (Å²) in [7, 11) is 3.99. The third-order valence-corrected chi connectivity index (χ3v) is 1.39. The monoisotopic (exact) mass is 208 g/mol. The van der Waals surface area contributed by atoms with Crippen molar-refractivity contribution >= 4 is 36.2 Å². The molecule has 0 aromatic heterocycles. The van der Waals surface area contributed by atoms with Crippen LogP contribution >= 0.6 is 24.8 Å². The molecule has 2 N–H and O–H groups in total. The van der Waals surface area contributed by atoms with E-state index in [2.05, 4.69) is 0 Å². The molecule has 2 nitrogen and oxygen atoms in total. The fourth-order valence-electron chi connectivity index (χ4n) is 0.803. The first-order valence-electron chi connectivity index (χ1n) is 3.23. The molecule has 0 heterocycles. The van der Waals surface area contributed by atoms with E-state index in [1.807, 2.05) is 43.3 Å². The molecule has 0 aliphatic carbocycles. The zero-order valence-electron chi connectivity index (χ0n) is 7.15. The molecule has 0 amide bonds. The molecular formula is C8H14Cl2N2. The van der Waals surface area contributed by atoms with Gasteiger partial charge in [0.2, 0.25) is 0 Å². The molecule has 12 heavy (non-hydrogen) atoms. The number of anilines is 2. The molecule has 0 unspecified atom stereocenters. The van der Waals surface area contributed by atoms with Crippen LogP contribution in [0.3, 0.4) is 0 Å². The van der Waals surface area contributed by atoms with E-state index >= 15 is 0 Å². The third-order valence-electron chi connectivity index (χ3n) is 1.39. The lowest BCUT2D eigenvalue weighted by molar-refractivity contribution is 1.13. The van der Waals surface area contributed by atoms with E-state index in [4.69, 9.17) is 5.73 Å². The lowest BCUT2D eigenvalue weighted by atomic mass is 10.3. The lowest BCUT2D eigenvalue weighted by Crippen LogP contribution is -2.08. The molecule has 0 spiro atoms. The minimum Gasteiger partial charge on any atom is -0.399 e. The molecule has 0 aliphatic rings. The van der Waals surface area contributed by atoms with Gasteiger partial charge in [-0.15, -0.1) is 24.8 Å². The van der Waals surface area contributed by atoms with Crippen LogP contribution in [0.15, 0.2) is 24.3 Å². The van der Waals surface area contributed by atoms with E-state index < -0.39 is 0 Å². The number of nitrogens with two attached hydrogens (primary N) is 1. The number of nitrogen functional groups attached to an aromatic ring is 1. The quantitative estimate of drug-likeness (QED) is 0.718. The Labute approximate surface area is 85.6 Å². The van der Waals surface area contributed by atoms with Crippen LogP contribution in [-0.4, -0.2) is 14.1 Å². The Kier molecular flexibility index (Phi) is 6.95. The van der Waals surface area contributed by atoms with Crippen LogP contribution in [0.25, 0.3) is 0 Å². The summed E-state index contributed by atoms with van der Waals surface area (Å²) < 4.78 is 0. The normalized spacial score (nSPS) is 7.83. The van der Waals surface area contributed by atoms with Gasteiger partial charge in [-0.25, -0.2) is 0 Å². The highest BCUT2D eigenvalue weighted by Crippen LogP contribution is 2.13. The van der Waals surface area contributed by atoms with Crippen molar-refractivity contribution in [2.75, 3.05) is 24.7 Å². The highest BCUT2D eigenvalue weighted by molar-refractivity contribution is 5.85. The average molecular weight is 209 g/mol. The van der Waals surface area contributed by atoms with E-state index in [9.17, 15) is 0 Å². The standard InChI is InChI=1S/C8H12N2.2ClH/c1-10(2)8-5-3-4-7(9)6-8;;/h3-6H,9H2,1-2H3;2*1H. The minimum atomic E-state index is 0. The summed E-state index contributed by atoms with van der Waals surface area (Å²) in [6.07, 6.45) is 0. The van der Waals surface area contributed by atoms with Gasteiger partial charge in [-0.1, -0.05) is 6.07 Å². The van der Waals surface area contributed by atoms with Crippen molar-refractivity contribution in [3.8, 4) is 0 Å². The first-order valence-corrected chi connectivity index (χ1v) is 3.23. The number of halogens is 2. The lowest BCUT2D eigenvalue weighted by Gasteiger charge is -2.11. The van der Waals surface area contributed by atoms with Crippen LogP contribution in [0.5, 0.6) is 0 Å². The summed E-state index contributed by atoms with van der Waals surface area (Å²) >= 11 is 0. The SMILES string of the molecule is CN(C)c1cccc(N)c1.Cl.Cl. The highest BCUT2D eigenvalue weighted by Gasteiger charge is 1.92. The predicted molar refractivity (Wildman–Crippen MR) is 59.7 cm³/mol. The molecule has 0 radical (unpaired) electrons. The Morgan fingerprint density at radius 3 is 2.08 bits per heavy atom. The smallest absolute Gasteiger partial charge is 0.0381 e. The molecule has 0 bridgehead atoms. The number of hydrogen-bond donors (Lipinski definition) is 1. The second-order valence-corrected chi connectivity index (χ2v) is 2.49.